The SMILES string of the molecule is O=C(CCC1CCCC1)N1CCC[C@@H](c2nnc(-c3nccc4ccccc34)o2)C1. The van der Waals surface area contributed by atoms with Crippen LogP contribution in [0.4, 0.5) is 0 Å². The highest BCUT2D eigenvalue weighted by Gasteiger charge is 2.29. The van der Waals surface area contributed by atoms with Crippen molar-refractivity contribution in [1.82, 2.24) is 20.1 Å². The van der Waals surface area contributed by atoms with Crippen LogP contribution in [-0.2, 0) is 4.79 Å². The minimum Gasteiger partial charge on any atom is -0.419 e. The zero-order chi connectivity index (χ0) is 20.3. The second kappa shape index (κ2) is 8.54. The van der Waals surface area contributed by atoms with E-state index in [4.69, 9.17) is 4.42 Å². The molecule has 2 aromatic heterocycles. The lowest BCUT2D eigenvalue weighted by atomic mass is 9.96. The van der Waals surface area contributed by atoms with E-state index in [2.05, 4.69) is 15.2 Å². The van der Waals surface area contributed by atoms with Gasteiger partial charge in [-0.3, -0.25) is 9.78 Å². The summed E-state index contributed by atoms with van der Waals surface area (Å²) in [5.41, 5.74) is 0.715. The number of piperidine rings is 1. The molecule has 0 spiro atoms. The Labute approximate surface area is 176 Å². The van der Waals surface area contributed by atoms with Crippen molar-refractivity contribution >= 4 is 16.7 Å². The molecule has 1 aliphatic carbocycles. The molecule has 1 amide bonds. The van der Waals surface area contributed by atoms with Gasteiger partial charge in [0.25, 0.3) is 5.89 Å². The third kappa shape index (κ3) is 3.95. The summed E-state index contributed by atoms with van der Waals surface area (Å²) < 4.78 is 6.06. The molecule has 0 unspecified atom stereocenters. The van der Waals surface area contributed by atoms with Crippen LogP contribution in [0.15, 0.2) is 40.9 Å². The quantitative estimate of drug-likeness (QED) is 0.601. The maximum absolute atomic E-state index is 12.8. The van der Waals surface area contributed by atoms with Crippen molar-refractivity contribution in [2.24, 2.45) is 5.92 Å². The van der Waals surface area contributed by atoms with Crippen LogP contribution in [0.3, 0.4) is 0 Å². The van der Waals surface area contributed by atoms with Crippen molar-refractivity contribution in [2.75, 3.05) is 13.1 Å². The molecular weight excluding hydrogens is 376 g/mol. The molecule has 0 N–H and O–H groups in total. The average molecular weight is 405 g/mol. The number of hydrogen-bond acceptors (Lipinski definition) is 5. The van der Waals surface area contributed by atoms with E-state index in [1.54, 1.807) is 6.20 Å². The Kier molecular flexibility index (Phi) is 5.47. The molecule has 1 aliphatic heterocycles. The van der Waals surface area contributed by atoms with Gasteiger partial charge in [-0.15, -0.1) is 10.2 Å². The molecular formula is C24H28N4O2. The molecule has 1 saturated carbocycles. The van der Waals surface area contributed by atoms with Crippen molar-refractivity contribution in [3.63, 3.8) is 0 Å². The smallest absolute Gasteiger partial charge is 0.266 e. The lowest BCUT2D eigenvalue weighted by Gasteiger charge is -2.31. The van der Waals surface area contributed by atoms with Gasteiger partial charge in [-0.05, 0) is 36.6 Å². The second-order valence-electron chi connectivity index (χ2n) is 8.69. The summed E-state index contributed by atoms with van der Waals surface area (Å²) >= 11 is 0. The molecule has 1 saturated heterocycles. The average Bonchev–Trinajstić information content (AvgIpc) is 3.49. The molecule has 3 heterocycles. The second-order valence-corrected chi connectivity index (χ2v) is 8.69. The third-order valence-corrected chi connectivity index (χ3v) is 6.68. The Morgan fingerprint density at radius 3 is 2.83 bits per heavy atom. The monoisotopic (exact) mass is 404 g/mol. The largest absolute Gasteiger partial charge is 0.419 e. The summed E-state index contributed by atoms with van der Waals surface area (Å²) in [7, 11) is 0. The van der Waals surface area contributed by atoms with E-state index in [0.717, 1.165) is 42.5 Å². The van der Waals surface area contributed by atoms with Crippen molar-refractivity contribution in [3.8, 4) is 11.6 Å². The van der Waals surface area contributed by atoms with Crippen LogP contribution in [0.2, 0.25) is 0 Å². The highest BCUT2D eigenvalue weighted by atomic mass is 16.4. The van der Waals surface area contributed by atoms with Crippen molar-refractivity contribution in [2.45, 2.75) is 57.3 Å². The molecule has 1 aromatic carbocycles. The van der Waals surface area contributed by atoms with Crippen molar-refractivity contribution in [1.29, 1.82) is 0 Å². The molecule has 2 aliphatic rings. The van der Waals surface area contributed by atoms with Gasteiger partial charge in [-0.1, -0.05) is 49.9 Å². The number of hydrogen-bond donors (Lipinski definition) is 0. The predicted octanol–water partition coefficient (Wildman–Crippen LogP) is 4.96. The minimum atomic E-state index is 0.102. The fourth-order valence-electron chi connectivity index (χ4n) is 4.98. The summed E-state index contributed by atoms with van der Waals surface area (Å²) in [6, 6.07) is 10.0. The Bertz CT molecular complexity index is 1020. The van der Waals surface area contributed by atoms with E-state index in [1.165, 1.54) is 25.7 Å². The van der Waals surface area contributed by atoms with Crippen LogP contribution in [0, 0.1) is 5.92 Å². The van der Waals surface area contributed by atoms with Gasteiger partial charge >= 0.3 is 0 Å². The van der Waals surface area contributed by atoms with Crippen LogP contribution in [0.5, 0.6) is 0 Å². The molecule has 30 heavy (non-hydrogen) atoms. The van der Waals surface area contributed by atoms with Crippen molar-refractivity contribution < 1.29 is 9.21 Å². The lowest BCUT2D eigenvalue weighted by molar-refractivity contribution is -0.132. The van der Waals surface area contributed by atoms with Crippen LogP contribution in [0.1, 0.15) is 63.2 Å². The zero-order valence-corrected chi connectivity index (χ0v) is 17.3. The van der Waals surface area contributed by atoms with Gasteiger partial charge < -0.3 is 9.32 Å². The summed E-state index contributed by atoms with van der Waals surface area (Å²) in [6.45, 7) is 1.51. The molecule has 3 aromatic rings. The van der Waals surface area contributed by atoms with Gasteiger partial charge in [0.05, 0.1) is 5.92 Å². The van der Waals surface area contributed by atoms with E-state index in [9.17, 15) is 4.79 Å². The first-order valence-corrected chi connectivity index (χ1v) is 11.2. The van der Waals surface area contributed by atoms with E-state index >= 15 is 0 Å². The van der Waals surface area contributed by atoms with E-state index in [1.807, 2.05) is 35.2 Å². The zero-order valence-electron chi connectivity index (χ0n) is 17.3. The number of rotatable bonds is 5. The summed E-state index contributed by atoms with van der Waals surface area (Å²) in [5.74, 6) is 2.20. The van der Waals surface area contributed by atoms with Crippen LogP contribution in [0.25, 0.3) is 22.4 Å². The number of nitrogens with zero attached hydrogens (tertiary/aromatic N) is 4. The van der Waals surface area contributed by atoms with E-state index < -0.39 is 0 Å². The maximum atomic E-state index is 12.8. The van der Waals surface area contributed by atoms with E-state index in [0.29, 0.717) is 30.4 Å². The minimum absolute atomic E-state index is 0.102. The van der Waals surface area contributed by atoms with Gasteiger partial charge in [0.2, 0.25) is 11.8 Å². The molecule has 6 nitrogen and oxygen atoms in total. The predicted molar refractivity (Wildman–Crippen MR) is 115 cm³/mol. The van der Waals surface area contributed by atoms with Crippen LogP contribution >= 0.6 is 0 Å². The Morgan fingerprint density at radius 1 is 1.07 bits per heavy atom. The molecule has 0 bridgehead atoms. The van der Waals surface area contributed by atoms with Crippen LogP contribution < -0.4 is 0 Å². The highest BCUT2D eigenvalue weighted by Crippen LogP contribution is 2.32. The third-order valence-electron chi connectivity index (χ3n) is 6.68. The first-order chi connectivity index (χ1) is 14.8. The van der Waals surface area contributed by atoms with Crippen molar-refractivity contribution in [3.05, 3.63) is 42.4 Å². The maximum Gasteiger partial charge on any atom is 0.266 e. The number of pyridine rings is 1. The molecule has 0 radical (unpaired) electrons. The fourth-order valence-corrected chi connectivity index (χ4v) is 4.98. The number of aromatic nitrogens is 3. The normalized spacial score (nSPS) is 20.1. The van der Waals surface area contributed by atoms with Gasteiger partial charge in [0.1, 0.15) is 5.69 Å². The Hall–Kier alpha value is -2.76. The van der Waals surface area contributed by atoms with Gasteiger partial charge in [-0.25, -0.2) is 0 Å². The molecule has 2 fully saturated rings. The van der Waals surface area contributed by atoms with Gasteiger partial charge in [0, 0.05) is 31.1 Å². The lowest BCUT2D eigenvalue weighted by Crippen LogP contribution is -2.39. The van der Waals surface area contributed by atoms with Crippen LogP contribution in [-0.4, -0.2) is 39.1 Å². The Morgan fingerprint density at radius 2 is 1.93 bits per heavy atom. The fraction of sp³-hybridized carbons (Fsp3) is 0.500. The summed E-state index contributed by atoms with van der Waals surface area (Å²) in [6.07, 6.45) is 10.7. The first kappa shape index (κ1) is 19.2. The number of carbonyl (C=O) groups excluding carboxylic acids is 1. The number of carbonyl (C=O) groups is 1. The molecule has 5 rings (SSSR count). The Balaban J connectivity index is 1.28. The topological polar surface area (TPSA) is 72.1 Å². The number of benzene rings is 1. The standard InChI is InChI=1S/C24H28N4O2/c29-21(12-11-17-6-1-2-7-17)28-15-5-9-19(16-28)23-26-27-24(30-23)22-20-10-4-3-8-18(20)13-14-25-22/h3-4,8,10,13-14,17,19H,1-2,5-7,9,11-12,15-16H2/t19-/m1/s1. The number of fused-ring (bicyclic) bond motifs is 1. The summed E-state index contributed by atoms with van der Waals surface area (Å²) in [4.78, 5) is 19.2. The summed E-state index contributed by atoms with van der Waals surface area (Å²) in [5, 5.41) is 10.7. The molecule has 156 valence electrons. The first-order valence-electron chi connectivity index (χ1n) is 11.2. The number of amides is 1. The van der Waals surface area contributed by atoms with E-state index in [-0.39, 0.29) is 11.8 Å². The number of likely N-dealkylation sites (tertiary alicyclic amines) is 1. The van der Waals surface area contributed by atoms with Gasteiger partial charge in [0.15, 0.2) is 0 Å². The molecule has 6 heteroatoms. The van der Waals surface area contributed by atoms with Gasteiger partial charge in [-0.2, -0.15) is 0 Å². The molecule has 1 atom stereocenters. The highest BCUT2D eigenvalue weighted by molar-refractivity contribution is 5.92.